The van der Waals surface area contributed by atoms with Gasteiger partial charge in [0.25, 0.3) is 0 Å². The standard InChI is InChI=1S/C30H34ClN4O.3ClH/c1-23-29(33-30(32-23)25-10-6-3-7-11-25)28(36)16-17-34-18-20-35(21-19-34,22-24-8-4-2-5-9-24)27-14-12-26(31)13-15-27;;;/h2-15,28,36H,16-22H2,1H3,(H,32,33);3*1H/q+1;;;. The van der Waals surface area contributed by atoms with Gasteiger partial charge in [0.1, 0.15) is 18.1 Å². The number of benzene rings is 3. The number of nitrogens with one attached hydrogen (secondary N) is 1. The molecule has 1 aliphatic rings. The number of aromatic nitrogens is 2. The normalized spacial score (nSPS) is 15.4. The zero-order chi connectivity index (χ0) is 25.0. The van der Waals surface area contributed by atoms with Crippen molar-refractivity contribution in [2.45, 2.75) is 26.0 Å². The number of nitrogens with zero attached hydrogens (tertiary/aromatic N) is 3. The van der Waals surface area contributed by atoms with E-state index in [0.29, 0.717) is 6.42 Å². The van der Waals surface area contributed by atoms with Gasteiger partial charge in [-0.2, -0.15) is 0 Å². The van der Waals surface area contributed by atoms with Gasteiger partial charge in [-0.1, -0.05) is 72.3 Å². The zero-order valence-electron chi connectivity index (χ0n) is 22.0. The molecule has 210 valence electrons. The number of aryl methyl sites for hydroxylation is 1. The fourth-order valence-corrected chi connectivity index (χ4v) is 5.41. The highest BCUT2D eigenvalue weighted by Gasteiger charge is 2.35. The van der Waals surface area contributed by atoms with Crippen molar-refractivity contribution in [2.75, 3.05) is 32.7 Å². The summed E-state index contributed by atoms with van der Waals surface area (Å²) in [6.07, 6.45) is 0.0833. The molecule has 0 amide bonds. The lowest BCUT2D eigenvalue weighted by Crippen LogP contribution is -2.60. The zero-order valence-corrected chi connectivity index (χ0v) is 25.2. The van der Waals surface area contributed by atoms with E-state index in [0.717, 1.165) is 71.5 Å². The van der Waals surface area contributed by atoms with Gasteiger partial charge in [0.15, 0.2) is 0 Å². The maximum atomic E-state index is 11.0. The molecule has 9 heteroatoms. The molecule has 1 fully saturated rings. The summed E-state index contributed by atoms with van der Waals surface area (Å²) in [7, 11) is 0. The first-order valence-corrected chi connectivity index (χ1v) is 13.1. The van der Waals surface area contributed by atoms with E-state index in [2.05, 4.69) is 52.3 Å². The first kappa shape index (κ1) is 33.1. The van der Waals surface area contributed by atoms with Crippen molar-refractivity contribution in [3.63, 3.8) is 0 Å². The summed E-state index contributed by atoms with van der Waals surface area (Å²) in [6.45, 7) is 7.81. The van der Waals surface area contributed by atoms with Crippen LogP contribution in [0, 0.1) is 6.92 Å². The van der Waals surface area contributed by atoms with E-state index in [1.54, 1.807) is 0 Å². The Balaban J connectivity index is 0.00000178. The summed E-state index contributed by atoms with van der Waals surface area (Å²) in [4.78, 5) is 10.5. The summed E-state index contributed by atoms with van der Waals surface area (Å²) in [5.41, 5.74) is 5.37. The number of quaternary nitrogens is 1. The fraction of sp³-hybridized carbons (Fsp3) is 0.300. The lowest BCUT2D eigenvalue weighted by atomic mass is 10.1. The molecule has 1 aliphatic heterocycles. The smallest absolute Gasteiger partial charge is 0.137 e. The second-order valence-corrected chi connectivity index (χ2v) is 10.3. The molecule has 0 saturated carbocycles. The van der Waals surface area contributed by atoms with E-state index in [1.165, 1.54) is 11.3 Å². The van der Waals surface area contributed by atoms with E-state index >= 15 is 0 Å². The Labute approximate surface area is 255 Å². The molecule has 5 rings (SSSR count). The molecule has 0 radical (unpaired) electrons. The van der Waals surface area contributed by atoms with Crippen LogP contribution in [-0.4, -0.2) is 52.7 Å². The number of aromatic amines is 1. The SMILES string of the molecule is Cc1[nH]c(-c2ccccc2)nc1C(O)CCN1CC[N+](Cc2ccccc2)(c2ccc(Cl)cc2)CC1.Cl.Cl.Cl. The third-order valence-corrected chi connectivity index (χ3v) is 7.65. The van der Waals surface area contributed by atoms with Gasteiger partial charge < -0.3 is 10.1 Å². The highest BCUT2D eigenvalue weighted by molar-refractivity contribution is 6.30. The van der Waals surface area contributed by atoms with Gasteiger partial charge >= 0.3 is 0 Å². The molecule has 0 spiro atoms. The average molecular weight is 611 g/mol. The van der Waals surface area contributed by atoms with Crippen LogP contribution in [-0.2, 0) is 6.54 Å². The van der Waals surface area contributed by atoms with Crippen LogP contribution in [0.5, 0.6) is 0 Å². The number of imidazole rings is 1. The number of piperazine rings is 1. The van der Waals surface area contributed by atoms with Crippen molar-refractivity contribution in [3.05, 3.63) is 107 Å². The van der Waals surface area contributed by atoms with E-state index in [1.807, 2.05) is 49.4 Å². The van der Waals surface area contributed by atoms with E-state index in [4.69, 9.17) is 16.6 Å². The number of hydrogen-bond donors (Lipinski definition) is 2. The third kappa shape index (κ3) is 7.99. The maximum Gasteiger partial charge on any atom is 0.137 e. The van der Waals surface area contributed by atoms with Crippen molar-refractivity contribution in [2.24, 2.45) is 0 Å². The van der Waals surface area contributed by atoms with E-state index < -0.39 is 6.10 Å². The van der Waals surface area contributed by atoms with Crippen LogP contribution in [0.15, 0.2) is 84.9 Å². The van der Waals surface area contributed by atoms with Crippen molar-refractivity contribution in [1.82, 2.24) is 19.4 Å². The maximum absolute atomic E-state index is 11.0. The minimum atomic E-state index is -0.583. The quantitative estimate of drug-likeness (QED) is 0.207. The lowest BCUT2D eigenvalue weighted by molar-refractivity contribution is 0.0995. The monoisotopic (exact) mass is 609 g/mol. The Morgan fingerprint density at radius 1 is 0.897 bits per heavy atom. The van der Waals surface area contributed by atoms with Crippen molar-refractivity contribution >= 4 is 54.5 Å². The molecule has 2 heterocycles. The average Bonchev–Trinajstić information content (AvgIpc) is 3.31. The number of aliphatic hydroxyl groups excluding tert-OH is 1. The predicted octanol–water partition coefficient (Wildman–Crippen LogP) is 7.25. The molecule has 3 aromatic carbocycles. The Hall–Kier alpha value is -2.09. The van der Waals surface area contributed by atoms with Crippen LogP contribution < -0.4 is 4.48 Å². The molecule has 2 N–H and O–H groups in total. The molecule has 5 nitrogen and oxygen atoms in total. The van der Waals surface area contributed by atoms with Crippen LogP contribution in [0.25, 0.3) is 11.4 Å². The van der Waals surface area contributed by atoms with Crippen LogP contribution in [0.2, 0.25) is 5.02 Å². The molecule has 39 heavy (non-hydrogen) atoms. The van der Waals surface area contributed by atoms with Gasteiger partial charge in [0.05, 0.1) is 24.9 Å². The van der Waals surface area contributed by atoms with E-state index in [9.17, 15) is 5.11 Å². The number of rotatable bonds is 8. The summed E-state index contributed by atoms with van der Waals surface area (Å²) in [5.74, 6) is 0.811. The highest BCUT2D eigenvalue weighted by atomic mass is 35.5. The number of hydrogen-bond acceptors (Lipinski definition) is 3. The molecular weight excluding hydrogens is 574 g/mol. The first-order valence-electron chi connectivity index (χ1n) is 12.7. The minimum Gasteiger partial charge on any atom is -0.387 e. The number of H-pyrrole nitrogens is 1. The Bertz CT molecular complexity index is 1260. The number of halogens is 4. The van der Waals surface area contributed by atoms with Crippen molar-refractivity contribution in [3.8, 4) is 11.4 Å². The number of aliphatic hydroxyl groups is 1. The molecule has 1 aromatic heterocycles. The van der Waals surface area contributed by atoms with Crippen LogP contribution in [0.1, 0.15) is 29.5 Å². The molecular formula is C30H37Cl4N4O+. The van der Waals surface area contributed by atoms with Gasteiger partial charge in [-0.05, 0) is 25.5 Å². The molecule has 0 bridgehead atoms. The van der Waals surface area contributed by atoms with Gasteiger partial charge in [-0.15, -0.1) is 37.2 Å². The van der Waals surface area contributed by atoms with Crippen molar-refractivity contribution in [1.29, 1.82) is 0 Å². The van der Waals surface area contributed by atoms with E-state index in [-0.39, 0.29) is 37.2 Å². The summed E-state index contributed by atoms with van der Waals surface area (Å²) >= 11 is 6.20. The molecule has 4 aromatic rings. The van der Waals surface area contributed by atoms with Crippen LogP contribution in [0.4, 0.5) is 5.69 Å². The highest BCUT2D eigenvalue weighted by Crippen LogP contribution is 2.30. The van der Waals surface area contributed by atoms with Crippen molar-refractivity contribution < 1.29 is 5.11 Å². The predicted molar refractivity (Wildman–Crippen MR) is 170 cm³/mol. The van der Waals surface area contributed by atoms with Crippen LogP contribution in [0.3, 0.4) is 0 Å². The summed E-state index contributed by atoms with van der Waals surface area (Å²) in [6, 6.07) is 29.1. The molecule has 1 unspecified atom stereocenters. The first-order chi connectivity index (χ1) is 17.5. The second-order valence-electron chi connectivity index (χ2n) is 9.82. The van der Waals surface area contributed by atoms with Gasteiger partial charge in [0.2, 0.25) is 0 Å². The topological polar surface area (TPSA) is 52.1 Å². The largest absolute Gasteiger partial charge is 0.387 e. The summed E-state index contributed by atoms with van der Waals surface area (Å²) in [5, 5.41) is 11.7. The van der Waals surface area contributed by atoms with Gasteiger partial charge in [-0.3, -0.25) is 9.38 Å². The van der Waals surface area contributed by atoms with Gasteiger partial charge in [0, 0.05) is 53.6 Å². The Morgan fingerprint density at radius 3 is 2.10 bits per heavy atom. The molecule has 1 atom stereocenters. The van der Waals surface area contributed by atoms with Gasteiger partial charge in [-0.25, -0.2) is 4.98 Å². The Morgan fingerprint density at radius 2 is 1.49 bits per heavy atom. The fourth-order valence-electron chi connectivity index (χ4n) is 5.28. The molecule has 0 aliphatic carbocycles. The third-order valence-electron chi connectivity index (χ3n) is 7.39. The second kappa shape index (κ2) is 15.1. The molecule has 1 saturated heterocycles. The van der Waals surface area contributed by atoms with Crippen LogP contribution >= 0.6 is 48.8 Å². The minimum absolute atomic E-state index is 0. The Kier molecular flexibility index (Phi) is 12.8. The lowest BCUT2D eigenvalue weighted by Gasteiger charge is -2.44. The summed E-state index contributed by atoms with van der Waals surface area (Å²) < 4.78 is 0.916.